The van der Waals surface area contributed by atoms with Crippen LogP contribution in [0.25, 0.3) is 11.8 Å². The van der Waals surface area contributed by atoms with E-state index in [1.807, 2.05) is 4.90 Å². The Balaban J connectivity index is 1.75. The minimum Gasteiger partial charge on any atom is -0.497 e. The fourth-order valence-electron chi connectivity index (χ4n) is 4.78. The van der Waals surface area contributed by atoms with Gasteiger partial charge in [0.25, 0.3) is 5.56 Å². The van der Waals surface area contributed by atoms with Gasteiger partial charge in [0.1, 0.15) is 18.0 Å². The van der Waals surface area contributed by atoms with Gasteiger partial charge in [0.2, 0.25) is 0 Å². The Morgan fingerprint density at radius 1 is 1.27 bits per heavy atom. The molecule has 1 aliphatic heterocycles. The summed E-state index contributed by atoms with van der Waals surface area (Å²) >= 11 is 0. The van der Waals surface area contributed by atoms with Crippen LogP contribution in [0.15, 0.2) is 9.59 Å². The lowest BCUT2D eigenvalue weighted by atomic mass is 9.89. The van der Waals surface area contributed by atoms with Crippen molar-refractivity contribution >= 4 is 11.8 Å². The maximum Gasteiger partial charge on any atom is 0.329 e. The summed E-state index contributed by atoms with van der Waals surface area (Å²) in [5, 5.41) is 0.426. The number of nitrogens with one attached hydrogen (secondary N) is 1. The molecule has 7 nitrogen and oxygen atoms in total. The average molecular weight is 428 g/mol. The van der Waals surface area contributed by atoms with Crippen molar-refractivity contribution in [2.24, 2.45) is 17.6 Å². The highest BCUT2D eigenvalue weighted by Crippen LogP contribution is 2.33. The van der Waals surface area contributed by atoms with E-state index < -0.39 is 48.8 Å². The van der Waals surface area contributed by atoms with E-state index in [1.165, 1.54) is 17.8 Å². The molecule has 2 heterocycles. The summed E-state index contributed by atoms with van der Waals surface area (Å²) in [6.07, 6.45) is 1.88. The Bertz CT molecular complexity index is 1030. The highest BCUT2D eigenvalue weighted by Gasteiger charge is 2.42. The van der Waals surface area contributed by atoms with Crippen LogP contribution in [0.4, 0.5) is 13.2 Å². The van der Waals surface area contributed by atoms with Crippen LogP contribution in [-0.4, -0.2) is 66.3 Å². The van der Waals surface area contributed by atoms with E-state index in [0.29, 0.717) is 24.9 Å². The van der Waals surface area contributed by atoms with Crippen molar-refractivity contribution in [2.45, 2.75) is 43.6 Å². The molecular formula is C20H27F3N4O3. The number of nitrogens with two attached hydrogens (primary N) is 1. The first-order valence-corrected chi connectivity index (χ1v) is 10.3. The molecule has 4 atom stereocenters. The van der Waals surface area contributed by atoms with Gasteiger partial charge in [0.15, 0.2) is 0 Å². The first-order valence-electron chi connectivity index (χ1n) is 10.3. The van der Waals surface area contributed by atoms with Crippen LogP contribution in [0.1, 0.15) is 25.3 Å². The summed E-state index contributed by atoms with van der Waals surface area (Å²) < 4.78 is 48.5. The molecule has 1 saturated heterocycles. The van der Waals surface area contributed by atoms with Crippen molar-refractivity contribution in [1.29, 1.82) is 0 Å². The molecule has 0 aromatic carbocycles. The van der Waals surface area contributed by atoms with Gasteiger partial charge in [-0.05, 0) is 37.8 Å². The van der Waals surface area contributed by atoms with Crippen molar-refractivity contribution in [3.8, 4) is 0 Å². The van der Waals surface area contributed by atoms with Crippen LogP contribution in [0.3, 0.4) is 0 Å². The predicted molar refractivity (Wildman–Crippen MR) is 106 cm³/mol. The molecule has 4 unspecified atom stereocenters. The van der Waals surface area contributed by atoms with Gasteiger partial charge in [-0.3, -0.25) is 28.0 Å². The smallest absolute Gasteiger partial charge is 0.329 e. The van der Waals surface area contributed by atoms with Crippen LogP contribution in [0, 0.1) is 11.8 Å². The Kier molecular flexibility index (Phi) is 5.80. The summed E-state index contributed by atoms with van der Waals surface area (Å²) in [6, 6.07) is -1.55. The second-order valence-electron chi connectivity index (χ2n) is 8.44. The summed E-state index contributed by atoms with van der Waals surface area (Å²) in [5.41, 5.74) is 4.92. The third-order valence-corrected chi connectivity index (χ3v) is 6.58. The molecule has 30 heavy (non-hydrogen) atoms. The molecule has 0 bridgehead atoms. The molecular weight excluding hydrogens is 401 g/mol. The fraction of sp³-hybridized carbons (Fsp3) is 0.700. The zero-order valence-corrected chi connectivity index (χ0v) is 16.8. The molecule has 4 rings (SSSR count). The SMILES string of the molecule is COC1=c2c(c(=O)[nH]c(=O)n2C2CC2)=CC(F)C1N1CCC(C(N)C(CF)CF)C1. The maximum atomic E-state index is 15.3. The number of alkyl halides is 3. The van der Waals surface area contributed by atoms with E-state index in [4.69, 9.17) is 10.5 Å². The van der Waals surface area contributed by atoms with Crippen LogP contribution < -0.4 is 27.6 Å². The second-order valence-corrected chi connectivity index (χ2v) is 8.44. The molecule has 1 saturated carbocycles. The Labute approximate surface area is 171 Å². The summed E-state index contributed by atoms with van der Waals surface area (Å²) in [4.78, 5) is 28.9. The van der Waals surface area contributed by atoms with Gasteiger partial charge in [0.05, 0.1) is 31.0 Å². The van der Waals surface area contributed by atoms with E-state index in [9.17, 15) is 18.4 Å². The molecule has 3 N–H and O–H groups in total. The molecule has 1 aromatic heterocycles. The van der Waals surface area contributed by atoms with Crippen LogP contribution >= 0.6 is 0 Å². The van der Waals surface area contributed by atoms with Gasteiger partial charge >= 0.3 is 5.69 Å². The second kappa shape index (κ2) is 8.22. The number of aromatic amines is 1. The first kappa shape index (κ1) is 21.2. The summed E-state index contributed by atoms with van der Waals surface area (Å²) in [7, 11) is 1.40. The Morgan fingerprint density at radius 3 is 2.57 bits per heavy atom. The number of methoxy groups -OCH3 is 1. The third kappa shape index (κ3) is 3.49. The number of halogens is 3. The standard InChI is InChI=1S/C20H27F3N4O3/c1-30-18-16-13(19(28)25-20(29)27(16)12-2-3-12)6-14(23)17(18)26-5-4-10(9-26)15(24)11(7-21)8-22/h6,10-12,14-15,17H,2-5,7-9,24H2,1H3,(H,25,28,29). The van der Waals surface area contributed by atoms with Gasteiger partial charge in [-0.1, -0.05) is 0 Å². The lowest BCUT2D eigenvalue weighted by Crippen LogP contribution is -2.60. The number of ether oxygens (including phenoxy) is 1. The highest BCUT2D eigenvalue weighted by atomic mass is 19.1. The Morgan fingerprint density at radius 2 is 1.97 bits per heavy atom. The van der Waals surface area contributed by atoms with Gasteiger partial charge in [-0.2, -0.15) is 0 Å². The topological polar surface area (TPSA) is 93.3 Å². The average Bonchev–Trinajstić information content (AvgIpc) is 3.44. The lowest BCUT2D eigenvalue weighted by molar-refractivity contribution is 0.154. The minimum atomic E-state index is -1.54. The predicted octanol–water partition coefficient (Wildman–Crippen LogP) is -0.669. The van der Waals surface area contributed by atoms with E-state index in [1.54, 1.807) is 0 Å². The maximum absolute atomic E-state index is 15.3. The minimum absolute atomic E-state index is 0.0481. The number of likely N-dealkylation sites (tertiary alicyclic amines) is 1. The van der Waals surface area contributed by atoms with Gasteiger partial charge in [-0.15, -0.1) is 0 Å². The zero-order chi connectivity index (χ0) is 21.6. The molecule has 0 amide bonds. The number of fused-ring (bicyclic) bond motifs is 1. The molecule has 166 valence electrons. The van der Waals surface area contributed by atoms with Crippen molar-refractivity contribution in [3.63, 3.8) is 0 Å². The number of hydrogen-bond acceptors (Lipinski definition) is 5. The molecule has 0 radical (unpaired) electrons. The highest BCUT2D eigenvalue weighted by molar-refractivity contribution is 5.53. The van der Waals surface area contributed by atoms with Crippen LogP contribution in [-0.2, 0) is 4.74 Å². The fourth-order valence-corrected chi connectivity index (χ4v) is 4.78. The molecule has 3 aliphatic rings. The van der Waals surface area contributed by atoms with Crippen molar-refractivity contribution in [1.82, 2.24) is 14.5 Å². The number of nitrogens with zero attached hydrogens (tertiary/aromatic N) is 2. The van der Waals surface area contributed by atoms with Gasteiger partial charge < -0.3 is 10.5 Å². The first-order chi connectivity index (χ1) is 14.4. The third-order valence-electron chi connectivity index (χ3n) is 6.58. The molecule has 1 aromatic rings. The number of rotatable bonds is 7. The van der Waals surface area contributed by atoms with Crippen LogP contribution in [0.5, 0.6) is 0 Å². The van der Waals surface area contributed by atoms with E-state index in [-0.39, 0.29) is 22.9 Å². The normalized spacial score (nSPS) is 27.8. The quantitative estimate of drug-likeness (QED) is 0.601. The van der Waals surface area contributed by atoms with E-state index in [0.717, 1.165) is 12.8 Å². The summed E-state index contributed by atoms with van der Waals surface area (Å²) in [6.45, 7) is -0.843. The number of aromatic nitrogens is 2. The van der Waals surface area contributed by atoms with Gasteiger partial charge in [-0.25, -0.2) is 9.18 Å². The molecule has 10 heteroatoms. The number of hydrogen-bond donors (Lipinski definition) is 2. The molecule has 0 spiro atoms. The summed E-state index contributed by atoms with van der Waals surface area (Å²) in [5.74, 6) is -0.825. The molecule has 2 aliphatic carbocycles. The number of H-pyrrole nitrogens is 1. The lowest BCUT2D eigenvalue weighted by Gasteiger charge is -2.33. The zero-order valence-electron chi connectivity index (χ0n) is 16.8. The van der Waals surface area contributed by atoms with Crippen molar-refractivity contribution < 1.29 is 17.9 Å². The Hall–Kier alpha value is -2.07. The van der Waals surface area contributed by atoms with E-state index in [2.05, 4.69) is 4.98 Å². The van der Waals surface area contributed by atoms with Gasteiger partial charge in [0, 0.05) is 24.5 Å². The van der Waals surface area contributed by atoms with Crippen LogP contribution in [0.2, 0.25) is 0 Å². The van der Waals surface area contributed by atoms with Crippen molar-refractivity contribution in [2.75, 3.05) is 33.5 Å². The van der Waals surface area contributed by atoms with Crippen molar-refractivity contribution in [3.05, 3.63) is 31.4 Å². The van der Waals surface area contributed by atoms with E-state index >= 15 is 4.39 Å². The molecule has 2 fully saturated rings. The largest absolute Gasteiger partial charge is 0.497 e. The monoisotopic (exact) mass is 428 g/mol.